The summed E-state index contributed by atoms with van der Waals surface area (Å²) < 4.78 is 59.2. The normalized spacial score (nSPS) is 19.8. The maximum absolute atomic E-state index is 12.9. The molecule has 6 atom stereocenters. The van der Waals surface area contributed by atoms with E-state index in [0.29, 0.717) is 13.0 Å². The Balaban J connectivity index is 2.26. The molecule has 0 aromatic rings. The van der Waals surface area contributed by atoms with Gasteiger partial charge in [-0.15, -0.1) is 0 Å². The Kier molecular flexibility index (Phi) is 41.0. The van der Waals surface area contributed by atoms with E-state index in [4.69, 9.17) is 18.9 Å². The van der Waals surface area contributed by atoms with E-state index in [1.54, 1.807) is 0 Å². The monoisotopic (exact) mass is 935 g/mol. The van der Waals surface area contributed by atoms with Crippen LogP contribution in [-0.2, 0) is 38.3 Å². The zero-order valence-electron chi connectivity index (χ0n) is 40.9. The lowest BCUT2D eigenvalue weighted by molar-refractivity contribution is -0.301. The van der Waals surface area contributed by atoms with Gasteiger partial charge in [0.2, 0.25) is 0 Å². The second kappa shape index (κ2) is 43.1. The van der Waals surface area contributed by atoms with E-state index < -0.39 is 59.8 Å². The summed E-state index contributed by atoms with van der Waals surface area (Å²) in [6.07, 6.45) is 39.8. The smallest absolute Gasteiger partial charge is 0.397 e. The van der Waals surface area contributed by atoms with E-state index in [1.807, 2.05) is 0 Å². The van der Waals surface area contributed by atoms with Gasteiger partial charge in [0.25, 0.3) is 0 Å². The van der Waals surface area contributed by atoms with E-state index in [1.165, 1.54) is 161 Å². The summed E-state index contributed by atoms with van der Waals surface area (Å²) in [7, 11) is -5.06. The third-order valence-corrected chi connectivity index (χ3v) is 12.9. The molecule has 0 aliphatic carbocycles. The number of unbranched alkanes of at least 4 members (excludes halogenated alkanes) is 32. The third-order valence-electron chi connectivity index (χ3n) is 12.4. The van der Waals surface area contributed by atoms with Gasteiger partial charge in [0.05, 0.1) is 19.8 Å². The van der Waals surface area contributed by atoms with Gasteiger partial charge in [-0.05, 0) is 38.5 Å². The summed E-state index contributed by atoms with van der Waals surface area (Å²) in [5.41, 5.74) is 0. The largest absolute Gasteiger partial charge is 0.457 e. The quantitative estimate of drug-likeness (QED) is 0.0197. The van der Waals surface area contributed by atoms with Gasteiger partial charge in [-0.2, -0.15) is 8.42 Å². The van der Waals surface area contributed by atoms with Crippen LogP contribution in [0.4, 0.5) is 0 Å². The molecular formula is C51H98O12S. The Labute approximate surface area is 391 Å². The van der Waals surface area contributed by atoms with Crippen molar-refractivity contribution in [2.75, 3.05) is 26.4 Å². The summed E-state index contributed by atoms with van der Waals surface area (Å²) in [5, 5.41) is 30.7. The second-order valence-electron chi connectivity index (χ2n) is 18.5. The second-order valence-corrected chi connectivity index (χ2v) is 19.5. The minimum Gasteiger partial charge on any atom is -0.457 e. The Morgan fingerprint density at radius 2 is 0.984 bits per heavy atom. The molecular weight excluding hydrogens is 837 g/mol. The van der Waals surface area contributed by atoms with E-state index >= 15 is 0 Å². The SMILES string of the molecule is CCCCC/C=C\CCCCCCCC(=O)OC(COCCCCCCCCCCCCCCCCCCCCCCCCCCC)COC1OC(CO)C(O)C(OS(=O)(=O)O)C1O. The fraction of sp³-hybridized carbons (Fsp3) is 0.941. The Hall–Kier alpha value is -1.16. The molecule has 380 valence electrons. The minimum atomic E-state index is -5.06. The molecule has 0 bridgehead atoms. The molecule has 1 aliphatic rings. The van der Waals surface area contributed by atoms with E-state index in [-0.39, 0.29) is 19.6 Å². The lowest BCUT2D eigenvalue weighted by atomic mass is 9.99. The minimum absolute atomic E-state index is 0.0386. The van der Waals surface area contributed by atoms with Crippen molar-refractivity contribution in [3.8, 4) is 0 Å². The highest BCUT2D eigenvalue weighted by atomic mass is 32.3. The summed E-state index contributed by atoms with van der Waals surface area (Å²) >= 11 is 0. The highest BCUT2D eigenvalue weighted by Crippen LogP contribution is 2.26. The fourth-order valence-electron chi connectivity index (χ4n) is 8.38. The molecule has 0 radical (unpaired) electrons. The molecule has 1 saturated heterocycles. The molecule has 64 heavy (non-hydrogen) atoms. The first-order valence-corrected chi connectivity index (χ1v) is 27.8. The molecule has 0 aromatic heterocycles. The number of hydrogen-bond acceptors (Lipinski definition) is 11. The predicted octanol–water partition coefficient (Wildman–Crippen LogP) is 12.2. The lowest BCUT2D eigenvalue weighted by Crippen LogP contribution is -2.60. The molecule has 6 unspecified atom stereocenters. The summed E-state index contributed by atoms with van der Waals surface area (Å²) in [6.45, 7) is 4.00. The first-order chi connectivity index (χ1) is 31.1. The van der Waals surface area contributed by atoms with Crippen molar-refractivity contribution in [3.05, 3.63) is 12.2 Å². The maximum Gasteiger partial charge on any atom is 0.397 e. The molecule has 13 heteroatoms. The van der Waals surface area contributed by atoms with Crippen LogP contribution in [0.25, 0.3) is 0 Å². The first kappa shape index (κ1) is 60.9. The van der Waals surface area contributed by atoms with Crippen molar-refractivity contribution in [1.29, 1.82) is 0 Å². The van der Waals surface area contributed by atoms with Gasteiger partial charge in [0, 0.05) is 13.0 Å². The van der Waals surface area contributed by atoms with Crippen molar-refractivity contribution in [2.24, 2.45) is 0 Å². The van der Waals surface area contributed by atoms with Gasteiger partial charge in [-0.1, -0.05) is 212 Å². The number of esters is 1. The number of rotatable bonds is 47. The zero-order chi connectivity index (χ0) is 46.8. The average molecular weight is 935 g/mol. The standard InChI is InChI=1S/C51H98O12S/c1-3-5-7-9-11-13-15-17-18-19-20-21-22-23-24-25-26-27-28-29-31-33-35-37-39-41-59-43-45(61-47(53)40-38-36-34-32-30-16-14-12-10-8-6-4-2)44-60-51-49(55)50(63-64(56,57)58)48(54)46(42-52)62-51/h12,14,45-46,48-52,54-55H,3-11,13,15-44H2,1-2H3,(H,56,57,58)/b14-12-. The number of aliphatic hydroxyl groups is 3. The van der Waals surface area contributed by atoms with Gasteiger partial charge < -0.3 is 34.3 Å². The van der Waals surface area contributed by atoms with Crippen LogP contribution in [0.15, 0.2) is 12.2 Å². The zero-order valence-corrected chi connectivity index (χ0v) is 41.7. The topological polar surface area (TPSA) is 178 Å². The number of carbonyl (C=O) groups excluding carboxylic acids is 1. The van der Waals surface area contributed by atoms with Crippen molar-refractivity contribution in [1.82, 2.24) is 0 Å². The molecule has 1 aliphatic heterocycles. The number of carbonyl (C=O) groups is 1. The van der Waals surface area contributed by atoms with Gasteiger partial charge in [-0.3, -0.25) is 9.35 Å². The molecule has 0 aromatic carbocycles. The summed E-state index contributed by atoms with van der Waals surface area (Å²) in [5.74, 6) is -0.404. The molecule has 1 fully saturated rings. The highest BCUT2D eigenvalue weighted by molar-refractivity contribution is 7.80. The van der Waals surface area contributed by atoms with E-state index in [9.17, 15) is 33.1 Å². The van der Waals surface area contributed by atoms with Crippen LogP contribution in [0, 0.1) is 0 Å². The first-order valence-electron chi connectivity index (χ1n) is 26.4. The van der Waals surface area contributed by atoms with Crippen LogP contribution >= 0.6 is 0 Å². The average Bonchev–Trinajstić information content (AvgIpc) is 3.27. The maximum atomic E-state index is 12.9. The van der Waals surface area contributed by atoms with Crippen LogP contribution in [0.2, 0.25) is 0 Å². The Morgan fingerprint density at radius 1 is 0.578 bits per heavy atom. The third kappa shape index (κ3) is 36.0. The van der Waals surface area contributed by atoms with Crippen molar-refractivity contribution in [3.63, 3.8) is 0 Å². The van der Waals surface area contributed by atoms with Crippen molar-refractivity contribution < 1.29 is 56.2 Å². The Morgan fingerprint density at radius 3 is 1.44 bits per heavy atom. The van der Waals surface area contributed by atoms with Gasteiger partial charge in [0.15, 0.2) is 6.29 Å². The van der Waals surface area contributed by atoms with Gasteiger partial charge in [0.1, 0.15) is 30.5 Å². The van der Waals surface area contributed by atoms with Gasteiger partial charge in [-0.25, -0.2) is 4.18 Å². The van der Waals surface area contributed by atoms with Crippen LogP contribution in [0.5, 0.6) is 0 Å². The van der Waals surface area contributed by atoms with Crippen LogP contribution < -0.4 is 0 Å². The highest BCUT2D eigenvalue weighted by Gasteiger charge is 2.48. The Bertz CT molecular complexity index is 1170. The fourth-order valence-corrected chi connectivity index (χ4v) is 8.88. The molecule has 0 spiro atoms. The van der Waals surface area contributed by atoms with Crippen LogP contribution in [0.1, 0.15) is 245 Å². The molecule has 0 saturated carbocycles. The predicted molar refractivity (Wildman–Crippen MR) is 258 cm³/mol. The van der Waals surface area contributed by atoms with E-state index in [0.717, 1.165) is 57.8 Å². The molecule has 1 rings (SSSR count). The number of aliphatic hydroxyl groups excluding tert-OH is 3. The molecule has 4 N–H and O–H groups in total. The molecule has 1 heterocycles. The number of allylic oxidation sites excluding steroid dienone is 2. The van der Waals surface area contributed by atoms with Crippen molar-refractivity contribution in [2.45, 2.75) is 282 Å². The number of hydrogen-bond donors (Lipinski definition) is 4. The van der Waals surface area contributed by atoms with Crippen LogP contribution in [0.3, 0.4) is 0 Å². The molecule has 12 nitrogen and oxygen atoms in total. The van der Waals surface area contributed by atoms with E-state index in [2.05, 4.69) is 30.2 Å². The van der Waals surface area contributed by atoms with Crippen molar-refractivity contribution >= 4 is 16.4 Å². The summed E-state index contributed by atoms with van der Waals surface area (Å²) in [6, 6.07) is 0. The molecule has 0 amide bonds. The van der Waals surface area contributed by atoms with Crippen LogP contribution in [-0.4, -0.2) is 97.5 Å². The lowest BCUT2D eigenvalue weighted by Gasteiger charge is -2.41. The number of ether oxygens (including phenoxy) is 4. The summed E-state index contributed by atoms with van der Waals surface area (Å²) in [4.78, 5) is 12.9. The van der Waals surface area contributed by atoms with Gasteiger partial charge >= 0.3 is 16.4 Å².